The van der Waals surface area contributed by atoms with E-state index in [4.69, 9.17) is 5.26 Å². The molecular formula is C25H43N5O2. The molecule has 0 radical (unpaired) electrons. The summed E-state index contributed by atoms with van der Waals surface area (Å²) < 4.78 is 0. The van der Waals surface area contributed by atoms with Gasteiger partial charge in [-0.2, -0.15) is 10.3 Å². The molecule has 2 aliphatic heterocycles. The normalized spacial score (nSPS) is 20.1. The molecule has 7 heteroatoms. The zero-order valence-electron chi connectivity index (χ0n) is 21.5. The molecule has 2 saturated heterocycles. The van der Waals surface area contributed by atoms with Gasteiger partial charge in [0.1, 0.15) is 5.84 Å². The van der Waals surface area contributed by atoms with Crippen LogP contribution in [0.1, 0.15) is 74.1 Å². The monoisotopic (exact) mass is 445 g/mol. The molecule has 2 rings (SSSR count). The topological polar surface area (TPSA) is 80.0 Å². The minimum Gasteiger partial charge on any atom is -0.359 e. The van der Waals surface area contributed by atoms with E-state index in [-0.39, 0.29) is 17.2 Å². The highest BCUT2D eigenvalue weighted by Crippen LogP contribution is 2.36. The summed E-state index contributed by atoms with van der Waals surface area (Å²) in [5.41, 5.74) is -1.12. The van der Waals surface area contributed by atoms with Gasteiger partial charge in [0.15, 0.2) is 0 Å². The summed E-state index contributed by atoms with van der Waals surface area (Å²) in [5.74, 6) is 1.56. The SMILES string of the molecule is CN(CCC(C)(C)C(=O)N1CCC(CC(C)(C)/C(=N/C#N)N2CCC2)C1)C(=O)C(C)(C)C. The molecule has 180 valence electrons. The summed E-state index contributed by atoms with van der Waals surface area (Å²) in [6.45, 7) is 18.1. The van der Waals surface area contributed by atoms with Crippen molar-refractivity contribution in [2.24, 2.45) is 27.2 Å². The van der Waals surface area contributed by atoms with Crippen molar-refractivity contribution in [2.45, 2.75) is 74.1 Å². The molecule has 2 heterocycles. The number of hydrogen-bond donors (Lipinski definition) is 0. The Labute approximate surface area is 194 Å². The maximum absolute atomic E-state index is 13.3. The molecule has 0 aromatic rings. The number of amides is 2. The Morgan fingerprint density at radius 1 is 1.03 bits per heavy atom. The molecule has 2 aliphatic rings. The molecule has 7 nitrogen and oxygen atoms in total. The Kier molecular flexibility index (Phi) is 8.01. The minimum absolute atomic E-state index is 0.0984. The van der Waals surface area contributed by atoms with Crippen LogP contribution in [0.25, 0.3) is 0 Å². The van der Waals surface area contributed by atoms with Crippen molar-refractivity contribution in [3.05, 3.63) is 0 Å². The van der Waals surface area contributed by atoms with Crippen molar-refractivity contribution in [1.29, 1.82) is 5.26 Å². The van der Waals surface area contributed by atoms with Crippen LogP contribution in [-0.4, -0.2) is 72.1 Å². The zero-order valence-corrected chi connectivity index (χ0v) is 21.5. The molecule has 0 aromatic carbocycles. The second-order valence-electron chi connectivity index (χ2n) is 12.0. The van der Waals surface area contributed by atoms with Crippen LogP contribution in [0.3, 0.4) is 0 Å². The third kappa shape index (κ3) is 6.24. The summed E-state index contributed by atoms with van der Waals surface area (Å²) >= 11 is 0. The fourth-order valence-corrected chi connectivity index (χ4v) is 4.88. The minimum atomic E-state index is -0.512. The number of nitrogens with zero attached hydrogens (tertiary/aromatic N) is 5. The van der Waals surface area contributed by atoms with Crippen molar-refractivity contribution in [3.63, 3.8) is 0 Å². The average molecular weight is 446 g/mol. The van der Waals surface area contributed by atoms with Gasteiger partial charge < -0.3 is 14.7 Å². The molecule has 0 aliphatic carbocycles. The molecule has 2 fully saturated rings. The van der Waals surface area contributed by atoms with E-state index in [1.807, 2.05) is 52.8 Å². The number of rotatable bonds is 7. The van der Waals surface area contributed by atoms with Crippen LogP contribution in [0.15, 0.2) is 4.99 Å². The van der Waals surface area contributed by atoms with Gasteiger partial charge in [-0.05, 0) is 31.6 Å². The first-order valence-corrected chi connectivity index (χ1v) is 12.0. The van der Waals surface area contributed by atoms with Crippen LogP contribution in [-0.2, 0) is 9.59 Å². The lowest BCUT2D eigenvalue weighted by Crippen LogP contribution is -2.49. The van der Waals surface area contributed by atoms with E-state index >= 15 is 0 Å². The Morgan fingerprint density at radius 3 is 2.16 bits per heavy atom. The Morgan fingerprint density at radius 2 is 1.66 bits per heavy atom. The molecular weight excluding hydrogens is 402 g/mol. The van der Waals surface area contributed by atoms with Crippen molar-refractivity contribution >= 4 is 17.6 Å². The first kappa shape index (κ1) is 26.2. The number of nitriles is 1. The standard InChI is InChI=1S/C25H43N5O2/c1-23(2,3)21(31)28(8)15-11-24(4,5)22(32)30-14-10-19(17-30)16-25(6,7)20(27-18-26)29-12-9-13-29/h19H,9-17H2,1-8H3/b27-20-. The highest BCUT2D eigenvalue weighted by molar-refractivity contribution is 5.89. The molecule has 0 bridgehead atoms. The van der Waals surface area contributed by atoms with Gasteiger partial charge in [-0.25, -0.2) is 0 Å². The van der Waals surface area contributed by atoms with E-state index in [9.17, 15) is 9.59 Å². The van der Waals surface area contributed by atoms with Crippen molar-refractivity contribution in [3.8, 4) is 6.19 Å². The number of carbonyl (C=O) groups excluding carboxylic acids is 2. The molecule has 0 aromatic heterocycles. The lowest BCUT2D eigenvalue weighted by atomic mass is 9.80. The van der Waals surface area contributed by atoms with Crippen LogP contribution in [0.4, 0.5) is 0 Å². The molecule has 32 heavy (non-hydrogen) atoms. The van der Waals surface area contributed by atoms with Gasteiger partial charge in [-0.15, -0.1) is 0 Å². The number of amidine groups is 1. The predicted octanol–water partition coefficient (Wildman–Crippen LogP) is 3.76. The first-order valence-electron chi connectivity index (χ1n) is 12.0. The molecule has 1 unspecified atom stereocenters. The highest BCUT2D eigenvalue weighted by Gasteiger charge is 2.40. The van der Waals surface area contributed by atoms with Crippen LogP contribution >= 0.6 is 0 Å². The van der Waals surface area contributed by atoms with Crippen molar-refractivity contribution in [1.82, 2.24) is 14.7 Å². The summed E-state index contributed by atoms with van der Waals surface area (Å²) in [5, 5.41) is 9.16. The van der Waals surface area contributed by atoms with Gasteiger partial charge in [0, 0.05) is 56.0 Å². The van der Waals surface area contributed by atoms with E-state index in [1.54, 1.807) is 4.90 Å². The summed E-state index contributed by atoms with van der Waals surface area (Å²) in [6.07, 6.45) is 5.68. The number of carbonyl (C=O) groups is 2. The van der Waals surface area contributed by atoms with Gasteiger partial charge in [-0.3, -0.25) is 9.59 Å². The predicted molar refractivity (Wildman–Crippen MR) is 128 cm³/mol. The lowest BCUT2D eigenvalue weighted by Gasteiger charge is -2.41. The quantitative estimate of drug-likeness (QED) is 0.339. The van der Waals surface area contributed by atoms with Gasteiger partial charge in [0.05, 0.1) is 0 Å². The molecule has 0 saturated carbocycles. The Bertz CT molecular complexity index is 768. The average Bonchev–Trinajstić information content (AvgIpc) is 3.09. The molecule has 1 atom stereocenters. The van der Waals surface area contributed by atoms with Gasteiger partial charge in [0.25, 0.3) is 0 Å². The molecule has 0 spiro atoms. The lowest BCUT2D eigenvalue weighted by molar-refractivity contribution is -0.142. The highest BCUT2D eigenvalue weighted by atomic mass is 16.2. The second kappa shape index (κ2) is 9.80. The Hall–Kier alpha value is -2.10. The van der Waals surface area contributed by atoms with Crippen LogP contribution in [0.5, 0.6) is 0 Å². The van der Waals surface area contributed by atoms with E-state index in [2.05, 4.69) is 23.7 Å². The fraction of sp³-hybridized carbons (Fsp3) is 0.840. The van der Waals surface area contributed by atoms with Gasteiger partial charge in [-0.1, -0.05) is 48.5 Å². The maximum atomic E-state index is 13.3. The Balaban J connectivity index is 1.94. The maximum Gasteiger partial charge on any atom is 0.228 e. The number of likely N-dealkylation sites (tertiary alicyclic amines) is 2. The molecule has 0 N–H and O–H groups in total. The van der Waals surface area contributed by atoms with Crippen molar-refractivity contribution in [2.75, 3.05) is 39.8 Å². The smallest absolute Gasteiger partial charge is 0.228 e. The van der Waals surface area contributed by atoms with E-state index < -0.39 is 10.8 Å². The third-order valence-electron chi connectivity index (χ3n) is 6.93. The summed E-state index contributed by atoms with van der Waals surface area (Å²) in [7, 11) is 1.82. The first-order chi connectivity index (χ1) is 14.7. The third-order valence-corrected chi connectivity index (χ3v) is 6.93. The fourth-order valence-electron chi connectivity index (χ4n) is 4.88. The number of hydrogen-bond acceptors (Lipinski definition) is 4. The number of aliphatic imine (C=N–C) groups is 1. The summed E-state index contributed by atoms with van der Waals surface area (Å²) in [6, 6.07) is 0. The van der Waals surface area contributed by atoms with E-state index in [1.165, 1.54) is 0 Å². The van der Waals surface area contributed by atoms with E-state index in [0.717, 1.165) is 51.3 Å². The second-order valence-corrected chi connectivity index (χ2v) is 12.0. The zero-order chi connectivity index (χ0) is 24.3. The van der Waals surface area contributed by atoms with Gasteiger partial charge in [0.2, 0.25) is 18.0 Å². The van der Waals surface area contributed by atoms with Crippen LogP contribution in [0, 0.1) is 33.6 Å². The van der Waals surface area contributed by atoms with Crippen molar-refractivity contribution < 1.29 is 9.59 Å². The summed E-state index contributed by atoms with van der Waals surface area (Å²) in [4.78, 5) is 35.9. The van der Waals surface area contributed by atoms with Crippen LogP contribution in [0.2, 0.25) is 0 Å². The largest absolute Gasteiger partial charge is 0.359 e. The van der Waals surface area contributed by atoms with Gasteiger partial charge >= 0.3 is 0 Å². The molecule has 2 amide bonds. The van der Waals surface area contributed by atoms with Crippen LogP contribution < -0.4 is 0 Å². The van der Waals surface area contributed by atoms with E-state index in [0.29, 0.717) is 18.9 Å².